The second kappa shape index (κ2) is 8.38. The summed E-state index contributed by atoms with van der Waals surface area (Å²) >= 11 is 0. The van der Waals surface area contributed by atoms with E-state index in [2.05, 4.69) is 10.4 Å². The molecular formula is C21H25N5O3. The van der Waals surface area contributed by atoms with Gasteiger partial charge in [0.25, 0.3) is 0 Å². The molecule has 4 rings (SSSR count). The van der Waals surface area contributed by atoms with Gasteiger partial charge < -0.3 is 19.7 Å². The van der Waals surface area contributed by atoms with Crippen LogP contribution < -0.4 is 10.1 Å². The van der Waals surface area contributed by atoms with Gasteiger partial charge in [-0.25, -0.2) is 14.3 Å². The Bertz CT molecular complexity index is 1000. The summed E-state index contributed by atoms with van der Waals surface area (Å²) in [6, 6.07) is 9.80. The zero-order valence-electron chi connectivity index (χ0n) is 16.7. The van der Waals surface area contributed by atoms with Crippen LogP contribution in [0.25, 0.3) is 16.8 Å². The Morgan fingerprint density at radius 1 is 1.28 bits per heavy atom. The smallest absolute Gasteiger partial charge is 0.410 e. The third kappa shape index (κ3) is 3.83. The molecule has 1 aliphatic heterocycles. The van der Waals surface area contributed by atoms with Gasteiger partial charge >= 0.3 is 6.09 Å². The first-order valence-electron chi connectivity index (χ1n) is 9.86. The second-order valence-electron chi connectivity index (χ2n) is 6.91. The van der Waals surface area contributed by atoms with E-state index in [-0.39, 0.29) is 12.1 Å². The first-order chi connectivity index (χ1) is 14.2. The highest BCUT2D eigenvalue weighted by molar-refractivity contribution is 5.81. The van der Waals surface area contributed by atoms with Crippen molar-refractivity contribution in [2.45, 2.75) is 25.8 Å². The van der Waals surface area contributed by atoms with Gasteiger partial charge in [0.15, 0.2) is 5.65 Å². The Hall–Kier alpha value is -3.29. The maximum Gasteiger partial charge on any atom is 0.410 e. The topological polar surface area (TPSA) is 81.0 Å². The standard InChI is InChI=1S/C21H25N5O3/c1-3-29-21(27)25-11-6-7-15(25)13-22-19-10-12-26-20(24-19)17(14-23-26)16-8-4-5-9-18(16)28-2/h4-5,8-10,12,14-15H,3,6-7,11,13H2,1-2H3,(H,22,24)/t15-/m0/s1. The maximum absolute atomic E-state index is 12.1. The van der Waals surface area contributed by atoms with Crippen LogP contribution in [0.15, 0.2) is 42.7 Å². The first-order valence-corrected chi connectivity index (χ1v) is 9.86. The third-order valence-corrected chi connectivity index (χ3v) is 5.16. The van der Waals surface area contributed by atoms with Crippen molar-refractivity contribution in [2.24, 2.45) is 0 Å². The number of likely N-dealkylation sites (tertiary alicyclic amines) is 1. The normalized spacial score (nSPS) is 16.2. The van der Waals surface area contributed by atoms with Crippen LogP contribution >= 0.6 is 0 Å². The molecule has 8 heteroatoms. The van der Waals surface area contributed by atoms with Crippen molar-refractivity contribution in [3.8, 4) is 16.9 Å². The molecule has 3 heterocycles. The van der Waals surface area contributed by atoms with E-state index in [1.807, 2.05) is 43.5 Å². The lowest BCUT2D eigenvalue weighted by molar-refractivity contribution is 0.104. The van der Waals surface area contributed by atoms with Crippen molar-refractivity contribution >= 4 is 17.6 Å². The fourth-order valence-electron chi connectivity index (χ4n) is 3.74. The predicted molar refractivity (Wildman–Crippen MR) is 110 cm³/mol. The van der Waals surface area contributed by atoms with Gasteiger partial charge in [0, 0.05) is 24.8 Å². The van der Waals surface area contributed by atoms with Crippen molar-refractivity contribution in [3.63, 3.8) is 0 Å². The van der Waals surface area contributed by atoms with Gasteiger partial charge in [-0.05, 0) is 31.9 Å². The van der Waals surface area contributed by atoms with Crippen molar-refractivity contribution in [3.05, 3.63) is 42.7 Å². The molecule has 0 unspecified atom stereocenters. The summed E-state index contributed by atoms with van der Waals surface area (Å²) in [6.07, 6.45) is 5.37. The fourth-order valence-corrected chi connectivity index (χ4v) is 3.74. The third-order valence-electron chi connectivity index (χ3n) is 5.16. The number of para-hydroxylation sites is 1. The lowest BCUT2D eigenvalue weighted by Crippen LogP contribution is -2.40. The van der Waals surface area contributed by atoms with Crippen LogP contribution in [0.3, 0.4) is 0 Å². The summed E-state index contributed by atoms with van der Waals surface area (Å²) in [7, 11) is 1.65. The summed E-state index contributed by atoms with van der Waals surface area (Å²) < 4.78 is 12.4. The van der Waals surface area contributed by atoms with Crippen LogP contribution in [-0.2, 0) is 4.74 Å². The number of carbonyl (C=O) groups is 1. The minimum absolute atomic E-state index is 0.102. The number of aromatic nitrogens is 3. The van der Waals surface area contributed by atoms with Gasteiger partial charge in [-0.15, -0.1) is 0 Å². The van der Waals surface area contributed by atoms with Crippen LogP contribution in [0.4, 0.5) is 10.6 Å². The zero-order chi connectivity index (χ0) is 20.2. The monoisotopic (exact) mass is 395 g/mol. The first kappa shape index (κ1) is 19.0. The molecule has 29 heavy (non-hydrogen) atoms. The predicted octanol–water partition coefficient (Wildman–Crippen LogP) is 3.44. The number of rotatable bonds is 6. The SMILES string of the molecule is CCOC(=O)N1CCC[C@H]1CNc1ccn2ncc(-c3ccccc3OC)c2n1. The highest BCUT2D eigenvalue weighted by Gasteiger charge is 2.29. The van der Waals surface area contributed by atoms with E-state index in [0.717, 1.165) is 47.7 Å². The highest BCUT2D eigenvalue weighted by atomic mass is 16.6. The summed E-state index contributed by atoms with van der Waals surface area (Å²) in [6.45, 7) is 3.57. The molecule has 2 aromatic heterocycles. The summed E-state index contributed by atoms with van der Waals surface area (Å²) in [5.74, 6) is 1.52. The molecule has 0 aliphatic carbocycles. The van der Waals surface area contributed by atoms with E-state index < -0.39 is 0 Å². The average Bonchev–Trinajstić information content (AvgIpc) is 3.39. The molecule has 0 spiro atoms. The summed E-state index contributed by atoms with van der Waals surface area (Å²) in [5.41, 5.74) is 2.59. The van der Waals surface area contributed by atoms with E-state index in [1.54, 1.807) is 22.7 Å². The minimum atomic E-state index is -0.241. The fraction of sp³-hybridized carbons (Fsp3) is 0.381. The van der Waals surface area contributed by atoms with Gasteiger partial charge in [-0.1, -0.05) is 18.2 Å². The van der Waals surface area contributed by atoms with E-state index in [0.29, 0.717) is 13.2 Å². The highest BCUT2D eigenvalue weighted by Crippen LogP contribution is 2.32. The van der Waals surface area contributed by atoms with Crippen LogP contribution in [-0.4, -0.2) is 58.4 Å². The number of anilines is 1. The van der Waals surface area contributed by atoms with Crippen LogP contribution in [0.1, 0.15) is 19.8 Å². The number of nitrogens with one attached hydrogen (secondary N) is 1. The molecule has 1 fully saturated rings. The van der Waals surface area contributed by atoms with Crippen molar-refractivity contribution in [1.82, 2.24) is 19.5 Å². The Kier molecular flexibility index (Phi) is 5.50. The number of benzene rings is 1. The number of nitrogens with zero attached hydrogens (tertiary/aromatic N) is 4. The average molecular weight is 395 g/mol. The molecule has 3 aromatic rings. The van der Waals surface area contributed by atoms with Crippen molar-refractivity contribution in [2.75, 3.05) is 32.1 Å². The molecule has 0 bridgehead atoms. The largest absolute Gasteiger partial charge is 0.496 e. The van der Waals surface area contributed by atoms with Crippen LogP contribution in [0.2, 0.25) is 0 Å². The molecule has 1 amide bonds. The molecule has 1 saturated heterocycles. The summed E-state index contributed by atoms with van der Waals surface area (Å²) in [4.78, 5) is 18.7. The Balaban J connectivity index is 1.54. The number of hydrogen-bond acceptors (Lipinski definition) is 6. The number of fused-ring (bicyclic) bond motifs is 1. The van der Waals surface area contributed by atoms with Gasteiger partial charge in [-0.3, -0.25) is 0 Å². The van der Waals surface area contributed by atoms with Crippen molar-refractivity contribution < 1.29 is 14.3 Å². The zero-order valence-corrected chi connectivity index (χ0v) is 16.7. The lowest BCUT2D eigenvalue weighted by atomic mass is 10.1. The number of amides is 1. The Morgan fingerprint density at radius 3 is 2.97 bits per heavy atom. The van der Waals surface area contributed by atoms with E-state index in [1.165, 1.54) is 0 Å². The Labute approximate surface area is 169 Å². The molecule has 0 saturated carbocycles. The number of carbonyl (C=O) groups excluding carboxylic acids is 1. The van der Waals surface area contributed by atoms with Gasteiger partial charge in [-0.2, -0.15) is 5.10 Å². The summed E-state index contributed by atoms with van der Waals surface area (Å²) in [5, 5.41) is 7.78. The van der Waals surface area contributed by atoms with E-state index in [4.69, 9.17) is 14.5 Å². The van der Waals surface area contributed by atoms with Gasteiger partial charge in [0.2, 0.25) is 0 Å². The lowest BCUT2D eigenvalue weighted by Gasteiger charge is -2.24. The quantitative estimate of drug-likeness (QED) is 0.689. The van der Waals surface area contributed by atoms with E-state index in [9.17, 15) is 4.79 Å². The van der Waals surface area contributed by atoms with Gasteiger partial charge in [0.1, 0.15) is 11.6 Å². The molecule has 152 valence electrons. The minimum Gasteiger partial charge on any atom is -0.496 e. The molecule has 1 aliphatic rings. The molecule has 8 nitrogen and oxygen atoms in total. The molecule has 1 N–H and O–H groups in total. The van der Waals surface area contributed by atoms with E-state index >= 15 is 0 Å². The number of hydrogen-bond donors (Lipinski definition) is 1. The number of methoxy groups -OCH3 is 1. The van der Waals surface area contributed by atoms with Crippen molar-refractivity contribution in [1.29, 1.82) is 0 Å². The number of ether oxygens (including phenoxy) is 2. The van der Waals surface area contributed by atoms with Gasteiger partial charge in [0.05, 0.1) is 31.5 Å². The maximum atomic E-state index is 12.1. The molecule has 1 atom stereocenters. The second-order valence-corrected chi connectivity index (χ2v) is 6.91. The molecule has 0 radical (unpaired) electrons. The molecule has 1 aromatic carbocycles. The molecular weight excluding hydrogens is 370 g/mol. The van der Waals surface area contributed by atoms with Crippen LogP contribution in [0, 0.1) is 0 Å². The Morgan fingerprint density at radius 2 is 2.14 bits per heavy atom. The van der Waals surface area contributed by atoms with Crippen LogP contribution in [0.5, 0.6) is 5.75 Å².